The minimum absolute atomic E-state index is 0.0146. The summed E-state index contributed by atoms with van der Waals surface area (Å²) >= 11 is 12.2. The van der Waals surface area contributed by atoms with E-state index in [1.54, 1.807) is 53.2 Å². The zero-order valence-electron chi connectivity index (χ0n) is 23.8. The molecule has 228 valence electrons. The fraction of sp³-hybridized carbons (Fsp3) is 0.188. The number of benzene rings is 4. The van der Waals surface area contributed by atoms with Gasteiger partial charge >= 0.3 is 0 Å². The number of sulfonamides is 1. The Hall–Kier alpha value is -4.09. The van der Waals surface area contributed by atoms with Gasteiger partial charge < -0.3 is 14.5 Å². The van der Waals surface area contributed by atoms with Crippen LogP contribution < -0.4 is 14.4 Å². The third-order valence-corrected chi connectivity index (χ3v) is 9.10. The van der Waals surface area contributed by atoms with E-state index in [-0.39, 0.29) is 39.7 Å². The van der Waals surface area contributed by atoms with Crippen molar-refractivity contribution in [2.75, 3.05) is 49.4 Å². The summed E-state index contributed by atoms with van der Waals surface area (Å²) in [6.07, 6.45) is 0. The van der Waals surface area contributed by atoms with Crippen LogP contribution in [0, 0.1) is 0 Å². The fourth-order valence-corrected chi connectivity index (χ4v) is 6.20. The Bertz CT molecular complexity index is 1750. The Labute approximate surface area is 266 Å². The van der Waals surface area contributed by atoms with Gasteiger partial charge in [-0.1, -0.05) is 53.5 Å². The van der Waals surface area contributed by atoms with Crippen molar-refractivity contribution in [3.63, 3.8) is 0 Å². The lowest BCUT2D eigenvalue weighted by atomic mass is 10.2. The predicted octanol–water partition coefficient (Wildman–Crippen LogP) is 6.01. The quantitative estimate of drug-likeness (QED) is 0.238. The summed E-state index contributed by atoms with van der Waals surface area (Å²) in [6, 6.07) is 26.5. The maximum atomic E-state index is 13.2. The average molecular weight is 654 g/mol. The normalized spacial score (nSPS) is 13.8. The third kappa shape index (κ3) is 7.51. The minimum Gasteiger partial charge on any atom is -0.454 e. The summed E-state index contributed by atoms with van der Waals surface area (Å²) in [4.78, 5) is 31.3. The Morgan fingerprint density at radius 1 is 0.841 bits per heavy atom. The van der Waals surface area contributed by atoms with Gasteiger partial charge in [0.25, 0.3) is 15.9 Å². The van der Waals surface area contributed by atoms with Gasteiger partial charge in [0, 0.05) is 49.5 Å². The largest absolute Gasteiger partial charge is 0.454 e. The van der Waals surface area contributed by atoms with Gasteiger partial charge in [-0.05, 0) is 66.7 Å². The van der Waals surface area contributed by atoms with Gasteiger partial charge in [-0.15, -0.1) is 0 Å². The number of hydrogen-bond acceptors (Lipinski definition) is 6. The summed E-state index contributed by atoms with van der Waals surface area (Å²) in [7, 11) is -2.26. The van der Waals surface area contributed by atoms with Crippen molar-refractivity contribution in [2.24, 2.45) is 0 Å². The van der Waals surface area contributed by atoms with Gasteiger partial charge in [-0.3, -0.25) is 19.2 Å². The van der Waals surface area contributed by atoms with Crippen molar-refractivity contribution in [1.82, 2.24) is 9.80 Å². The molecule has 1 N–H and O–H groups in total. The molecule has 12 heteroatoms. The van der Waals surface area contributed by atoms with E-state index in [9.17, 15) is 18.0 Å². The number of halogens is 2. The van der Waals surface area contributed by atoms with Gasteiger partial charge in [0.15, 0.2) is 5.75 Å². The molecule has 5 rings (SSSR count). The highest BCUT2D eigenvalue weighted by Crippen LogP contribution is 2.35. The minimum atomic E-state index is -4.01. The van der Waals surface area contributed by atoms with E-state index < -0.39 is 10.0 Å². The first-order chi connectivity index (χ1) is 21.1. The number of nitrogens with one attached hydrogen (secondary N) is 1. The molecule has 1 heterocycles. The van der Waals surface area contributed by atoms with Crippen LogP contribution in [0.2, 0.25) is 10.0 Å². The van der Waals surface area contributed by atoms with Gasteiger partial charge in [0.05, 0.1) is 22.2 Å². The highest BCUT2D eigenvalue weighted by atomic mass is 35.5. The molecule has 0 aliphatic carbocycles. The standard InChI is InChI=1S/C32H30Cl2N4O5S/c1-36(25-7-3-2-4-8-25)31(39)22-37-17-19-38(20-18-37)32(40)23-11-14-26(15-12-23)44(41,42)35-28-9-5-6-10-30(28)43-29-16-13-24(33)21-27(29)34/h2-16,21,35H,17-20,22H2,1H3. The number of para-hydroxylation sites is 3. The van der Waals surface area contributed by atoms with Crippen LogP contribution >= 0.6 is 23.2 Å². The molecule has 1 aliphatic heterocycles. The number of amides is 2. The molecule has 4 aromatic rings. The van der Waals surface area contributed by atoms with Crippen LogP contribution in [0.15, 0.2) is 102 Å². The fourth-order valence-electron chi connectivity index (χ4n) is 4.68. The second-order valence-electron chi connectivity index (χ2n) is 10.2. The number of anilines is 2. The molecule has 0 aromatic heterocycles. The molecule has 1 fully saturated rings. The molecular formula is C32H30Cl2N4O5S. The van der Waals surface area contributed by atoms with Gasteiger partial charge in [0.2, 0.25) is 5.91 Å². The van der Waals surface area contributed by atoms with Crippen LogP contribution in [-0.2, 0) is 14.8 Å². The molecule has 1 saturated heterocycles. The number of carbonyl (C=O) groups excluding carboxylic acids is 2. The lowest BCUT2D eigenvalue weighted by Gasteiger charge is -2.35. The average Bonchev–Trinajstić information content (AvgIpc) is 3.03. The first-order valence-corrected chi connectivity index (χ1v) is 16.0. The Morgan fingerprint density at radius 2 is 1.50 bits per heavy atom. The van der Waals surface area contributed by atoms with Crippen molar-refractivity contribution in [1.29, 1.82) is 0 Å². The van der Waals surface area contributed by atoms with E-state index in [0.29, 0.717) is 42.5 Å². The van der Waals surface area contributed by atoms with E-state index in [1.807, 2.05) is 35.2 Å². The van der Waals surface area contributed by atoms with Gasteiger partial charge in [-0.2, -0.15) is 0 Å². The van der Waals surface area contributed by atoms with Crippen molar-refractivity contribution in [3.05, 3.63) is 113 Å². The van der Waals surface area contributed by atoms with Crippen LogP contribution in [0.5, 0.6) is 11.5 Å². The molecular weight excluding hydrogens is 623 g/mol. The number of carbonyl (C=O) groups is 2. The van der Waals surface area contributed by atoms with Crippen molar-refractivity contribution in [3.8, 4) is 11.5 Å². The first kappa shape index (κ1) is 31.3. The summed E-state index contributed by atoms with van der Waals surface area (Å²) in [5.74, 6) is 0.342. The number of rotatable bonds is 9. The molecule has 1 aliphatic rings. The van der Waals surface area contributed by atoms with E-state index in [4.69, 9.17) is 27.9 Å². The van der Waals surface area contributed by atoms with E-state index in [2.05, 4.69) is 4.72 Å². The lowest BCUT2D eigenvalue weighted by Crippen LogP contribution is -2.51. The Morgan fingerprint density at radius 3 is 2.18 bits per heavy atom. The van der Waals surface area contributed by atoms with Crippen molar-refractivity contribution >= 4 is 56.4 Å². The molecule has 2 amide bonds. The molecule has 44 heavy (non-hydrogen) atoms. The highest BCUT2D eigenvalue weighted by molar-refractivity contribution is 7.92. The van der Waals surface area contributed by atoms with Gasteiger partial charge in [0.1, 0.15) is 5.75 Å². The SMILES string of the molecule is CN(C(=O)CN1CCN(C(=O)c2ccc(S(=O)(=O)Nc3ccccc3Oc3ccc(Cl)cc3Cl)cc2)CC1)c1ccccc1. The van der Waals surface area contributed by atoms with E-state index in [0.717, 1.165) is 5.69 Å². The second kappa shape index (κ2) is 13.7. The van der Waals surface area contributed by atoms with Crippen molar-refractivity contribution < 1.29 is 22.7 Å². The van der Waals surface area contributed by atoms with Crippen LogP contribution in [-0.4, -0.2) is 69.8 Å². The smallest absolute Gasteiger partial charge is 0.262 e. The summed E-state index contributed by atoms with van der Waals surface area (Å²) in [5, 5.41) is 0.723. The first-order valence-electron chi connectivity index (χ1n) is 13.8. The molecule has 0 bridgehead atoms. The Kier molecular flexibility index (Phi) is 9.75. The maximum Gasteiger partial charge on any atom is 0.262 e. The monoisotopic (exact) mass is 652 g/mol. The van der Waals surface area contributed by atoms with Crippen LogP contribution in [0.25, 0.3) is 0 Å². The van der Waals surface area contributed by atoms with E-state index >= 15 is 0 Å². The molecule has 9 nitrogen and oxygen atoms in total. The van der Waals surface area contributed by atoms with Crippen LogP contribution in [0.3, 0.4) is 0 Å². The second-order valence-corrected chi connectivity index (χ2v) is 12.7. The predicted molar refractivity (Wildman–Crippen MR) is 172 cm³/mol. The molecule has 0 atom stereocenters. The van der Waals surface area contributed by atoms with Crippen molar-refractivity contribution in [2.45, 2.75) is 4.90 Å². The molecule has 0 spiro atoms. The maximum absolute atomic E-state index is 13.2. The summed E-state index contributed by atoms with van der Waals surface area (Å²) in [6.45, 7) is 2.28. The molecule has 0 radical (unpaired) electrons. The molecule has 0 saturated carbocycles. The van der Waals surface area contributed by atoms with Crippen LogP contribution in [0.1, 0.15) is 10.4 Å². The highest BCUT2D eigenvalue weighted by Gasteiger charge is 2.25. The summed E-state index contributed by atoms with van der Waals surface area (Å²) < 4.78 is 34.9. The number of piperazine rings is 1. The molecule has 0 unspecified atom stereocenters. The third-order valence-electron chi connectivity index (χ3n) is 7.19. The number of ether oxygens (including phenoxy) is 1. The Balaban J connectivity index is 1.18. The lowest BCUT2D eigenvalue weighted by molar-refractivity contribution is -0.119. The topological polar surface area (TPSA) is 99.3 Å². The zero-order chi connectivity index (χ0) is 31.3. The van der Waals surface area contributed by atoms with Gasteiger partial charge in [-0.25, -0.2) is 8.42 Å². The van der Waals surface area contributed by atoms with Crippen LogP contribution in [0.4, 0.5) is 11.4 Å². The number of nitrogens with zero attached hydrogens (tertiary/aromatic N) is 3. The number of hydrogen-bond donors (Lipinski definition) is 1. The molecule has 4 aromatic carbocycles. The number of likely N-dealkylation sites (N-methyl/N-ethyl adjacent to an activating group) is 1. The summed E-state index contributed by atoms with van der Waals surface area (Å²) in [5.41, 5.74) is 1.41. The van der Waals surface area contributed by atoms with E-state index in [1.165, 1.54) is 30.3 Å². The zero-order valence-corrected chi connectivity index (χ0v) is 26.1.